The van der Waals surface area contributed by atoms with Crippen molar-refractivity contribution in [1.29, 1.82) is 0 Å². The highest BCUT2D eigenvalue weighted by Crippen LogP contribution is 2.33. The largest absolute Gasteiger partial charge is 0.358 e. The summed E-state index contributed by atoms with van der Waals surface area (Å²) in [6.45, 7) is 10.7. The molecule has 39 heavy (non-hydrogen) atoms. The molecule has 8 heteroatoms. The van der Waals surface area contributed by atoms with Crippen LogP contribution in [0, 0.1) is 11.2 Å². The summed E-state index contributed by atoms with van der Waals surface area (Å²) in [6, 6.07) is 16.6. The maximum absolute atomic E-state index is 14.6. The average molecular weight is 518 g/mol. The van der Waals surface area contributed by atoms with Crippen LogP contribution in [-0.4, -0.2) is 30.1 Å². The van der Waals surface area contributed by atoms with Crippen molar-refractivity contribution < 1.29 is 4.39 Å². The fraction of sp³-hybridized carbons (Fsp3) is 0.161. The van der Waals surface area contributed by atoms with Gasteiger partial charge in [0.1, 0.15) is 22.7 Å². The van der Waals surface area contributed by atoms with Crippen LogP contribution in [0.25, 0.3) is 55.8 Å². The van der Waals surface area contributed by atoms with Crippen molar-refractivity contribution in [3.63, 3.8) is 0 Å². The summed E-state index contributed by atoms with van der Waals surface area (Å²) in [4.78, 5) is 17.0. The molecule has 6 aromatic rings. The first-order valence-electron chi connectivity index (χ1n) is 12.7. The second kappa shape index (κ2) is 9.47. The SMILES string of the molecule is C=C(CC(C)(C)C)Nc1cncc(-c2ccc3[nH]nc(-c4nc5c(-c6ccccc6F)nccc5[nH]4)c3c2)c1. The van der Waals surface area contributed by atoms with Gasteiger partial charge in [-0.3, -0.25) is 15.1 Å². The number of imidazole rings is 1. The van der Waals surface area contributed by atoms with E-state index >= 15 is 0 Å². The Morgan fingerprint density at radius 1 is 0.974 bits per heavy atom. The van der Waals surface area contributed by atoms with E-state index in [-0.39, 0.29) is 11.2 Å². The van der Waals surface area contributed by atoms with E-state index in [0.29, 0.717) is 28.3 Å². The fourth-order valence-electron chi connectivity index (χ4n) is 4.83. The quantitative estimate of drug-likeness (QED) is 0.210. The Labute approximate surface area is 225 Å². The Morgan fingerprint density at radius 2 is 1.82 bits per heavy atom. The van der Waals surface area contributed by atoms with Crippen molar-refractivity contribution in [3.05, 3.63) is 91.3 Å². The van der Waals surface area contributed by atoms with Gasteiger partial charge in [0, 0.05) is 34.6 Å². The number of aromatic nitrogens is 6. The van der Waals surface area contributed by atoms with E-state index in [0.717, 1.165) is 45.4 Å². The normalized spacial score (nSPS) is 11.8. The van der Waals surface area contributed by atoms with Crippen molar-refractivity contribution in [2.24, 2.45) is 5.41 Å². The van der Waals surface area contributed by atoms with Crippen LogP contribution in [0.5, 0.6) is 0 Å². The monoisotopic (exact) mass is 517 g/mol. The molecule has 2 aromatic carbocycles. The predicted octanol–water partition coefficient (Wildman–Crippen LogP) is 7.73. The van der Waals surface area contributed by atoms with Crippen molar-refractivity contribution in [2.75, 3.05) is 5.32 Å². The summed E-state index contributed by atoms with van der Waals surface area (Å²) in [5.41, 5.74) is 7.71. The second-order valence-corrected chi connectivity index (χ2v) is 10.9. The molecular formula is C31H28FN7. The van der Waals surface area contributed by atoms with E-state index in [1.807, 2.05) is 24.4 Å². The van der Waals surface area contributed by atoms with Crippen LogP contribution < -0.4 is 5.32 Å². The molecule has 0 unspecified atom stereocenters. The number of nitrogens with zero attached hydrogens (tertiary/aromatic N) is 4. The summed E-state index contributed by atoms with van der Waals surface area (Å²) in [7, 11) is 0. The zero-order chi connectivity index (χ0) is 27.1. The summed E-state index contributed by atoms with van der Waals surface area (Å²) in [5, 5.41) is 12.0. The molecular weight excluding hydrogens is 489 g/mol. The molecule has 0 aliphatic heterocycles. The molecule has 4 heterocycles. The van der Waals surface area contributed by atoms with Crippen molar-refractivity contribution in [2.45, 2.75) is 27.2 Å². The minimum absolute atomic E-state index is 0.139. The van der Waals surface area contributed by atoms with Crippen molar-refractivity contribution >= 4 is 27.6 Å². The Bertz CT molecular complexity index is 1840. The molecule has 0 amide bonds. The van der Waals surface area contributed by atoms with E-state index < -0.39 is 0 Å². The zero-order valence-electron chi connectivity index (χ0n) is 22.0. The molecule has 3 N–H and O–H groups in total. The summed E-state index contributed by atoms with van der Waals surface area (Å²) < 4.78 is 14.6. The van der Waals surface area contributed by atoms with E-state index in [9.17, 15) is 4.39 Å². The van der Waals surface area contributed by atoms with Gasteiger partial charge in [-0.05, 0) is 53.8 Å². The Kier molecular flexibility index (Phi) is 5.95. The number of benzene rings is 2. The number of hydrogen-bond donors (Lipinski definition) is 3. The van der Waals surface area contributed by atoms with Crippen LogP contribution in [0.1, 0.15) is 27.2 Å². The minimum Gasteiger partial charge on any atom is -0.358 e. The number of rotatable bonds is 6. The molecule has 0 radical (unpaired) electrons. The maximum Gasteiger partial charge on any atom is 0.159 e. The number of allylic oxidation sites excluding steroid dienone is 1. The maximum atomic E-state index is 14.6. The average Bonchev–Trinajstić information content (AvgIpc) is 3.51. The van der Waals surface area contributed by atoms with E-state index in [2.05, 4.69) is 69.9 Å². The minimum atomic E-state index is -0.343. The number of aromatic amines is 2. The van der Waals surface area contributed by atoms with Crippen molar-refractivity contribution in [3.8, 4) is 33.9 Å². The molecule has 0 bridgehead atoms. The molecule has 0 fully saturated rings. The fourth-order valence-corrected chi connectivity index (χ4v) is 4.83. The lowest BCUT2D eigenvalue weighted by Crippen LogP contribution is -2.10. The molecule has 6 rings (SSSR count). The first-order valence-corrected chi connectivity index (χ1v) is 12.7. The molecule has 0 spiro atoms. The molecule has 0 aliphatic carbocycles. The summed E-state index contributed by atoms with van der Waals surface area (Å²) >= 11 is 0. The molecule has 0 saturated heterocycles. The van der Waals surface area contributed by atoms with Gasteiger partial charge in [-0.1, -0.05) is 45.5 Å². The van der Waals surface area contributed by atoms with E-state index in [1.54, 1.807) is 30.6 Å². The van der Waals surface area contributed by atoms with Crippen LogP contribution in [0.15, 0.2) is 85.5 Å². The van der Waals surface area contributed by atoms with Crippen LogP contribution in [0.4, 0.5) is 10.1 Å². The Balaban J connectivity index is 1.37. The zero-order valence-corrected chi connectivity index (χ0v) is 22.0. The third-order valence-electron chi connectivity index (χ3n) is 6.45. The predicted molar refractivity (Wildman–Crippen MR) is 154 cm³/mol. The number of anilines is 1. The third-order valence-corrected chi connectivity index (χ3v) is 6.45. The molecule has 0 saturated carbocycles. The Morgan fingerprint density at radius 3 is 2.64 bits per heavy atom. The first-order chi connectivity index (χ1) is 18.7. The topological polar surface area (TPSA) is 95.2 Å². The summed E-state index contributed by atoms with van der Waals surface area (Å²) in [6.07, 6.45) is 6.14. The second-order valence-electron chi connectivity index (χ2n) is 10.9. The molecule has 0 aliphatic rings. The lowest BCUT2D eigenvalue weighted by Gasteiger charge is -2.20. The number of pyridine rings is 2. The number of fused-ring (bicyclic) bond motifs is 2. The molecule has 4 aromatic heterocycles. The van der Waals surface area contributed by atoms with Gasteiger partial charge in [-0.2, -0.15) is 5.10 Å². The number of hydrogen-bond acceptors (Lipinski definition) is 5. The smallest absolute Gasteiger partial charge is 0.159 e. The first kappa shape index (κ1) is 24.5. The number of nitrogens with one attached hydrogen (secondary N) is 3. The van der Waals surface area contributed by atoms with Crippen LogP contribution in [0.3, 0.4) is 0 Å². The highest BCUT2D eigenvalue weighted by molar-refractivity contribution is 5.97. The standard InChI is InChI=1S/C31H28FN7/c1-18(15-31(2,3)4)35-21-13-20(16-33-17-21)19-9-10-25-23(14-19)28(39-38-25)30-36-26-11-12-34-27(29(26)37-30)22-7-5-6-8-24(22)32/h5-14,16-17,35H,1,15H2,2-4H3,(H,36,37)(H,38,39). The van der Waals surface area contributed by atoms with Gasteiger partial charge in [-0.15, -0.1) is 0 Å². The van der Waals surface area contributed by atoms with E-state index in [1.165, 1.54) is 6.07 Å². The van der Waals surface area contributed by atoms with Crippen LogP contribution in [-0.2, 0) is 0 Å². The molecule has 0 atom stereocenters. The van der Waals surface area contributed by atoms with Gasteiger partial charge in [0.2, 0.25) is 0 Å². The number of H-pyrrole nitrogens is 2. The van der Waals surface area contributed by atoms with Gasteiger partial charge < -0.3 is 10.3 Å². The lowest BCUT2D eigenvalue weighted by atomic mass is 9.91. The highest BCUT2D eigenvalue weighted by atomic mass is 19.1. The Hall–Kier alpha value is -4.85. The van der Waals surface area contributed by atoms with E-state index in [4.69, 9.17) is 4.98 Å². The van der Waals surface area contributed by atoms with Gasteiger partial charge >= 0.3 is 0 Å². The number of halogens is 1. The molecule has 7 nitrogen and oxygen atoms in total. The third kappa shape index (κ3) is 4.88. The van der Waals surface area contributed by atoms with Crippen LogP contribution in [0.2, 0.25) is 0 Å². The lowest BCUT2D eigenvalue weighted by molar-refractivity contribution is 0.411. The highest BCUT2D eigenvalue weighted by Gasteiger charge is 2.18. The van der Waals surface area contributed by atoms with Gasteiger partial charge in [0.25, 0.3) is 0 Å². The molecule has 194 valence electrons. The van der Waals surface area contributed by atoms with Crippen molar-refractivity contribution in [1.82, 2.24) is 30.1 Å². The van der Waals surface area contributed by atoms with Gasteiger partial charge in [-0.25, -0.2) is 9.37 Å². The van der Waals surface area contributed by atoms with Crippen LogP contribution >= 0.6 is 0 Å². The summed E-state index contributed by atoms with van der Waals surface area (Å²) in [5.74, 6) is 0.232. The van der Waals surface area contributed by atoms with Gasteiger partial charge in [0.05, 0.1) is 22.9 Å². The van der Waals surface area contributed by atoms with Gasteiger partial charge in [0.15, 0.2) is 5.82 Å².